The maximum atomic E-state index is 13.5. The second kappa shape index (κ2) is 9.32. The number of ether oxygens (including phenoxy) is 1. The molecule has 0 saturated heterocycles. The Hall–Kier alpha value is -2.93. The lowest BCUT2D eigenvalue weighted by Crippen LogP contribution is -2.40. The number of aromatic nitrogens is 1. The van der Waals surface area contributed by atoms with Crippen LogP contribution in [0, 0.1) is 11.6 Å². The summed E-state index contributed by atoms with van der Waals surface area (Å²) in [5, 5.41) is 7.34. The molecule has 3 aromatic rings. The SMILES string of the molecule is CN=C(NCCc1c[nH]c2ccc(F)cc12)NCC(OC)c1ccc(F)cc1. The Morgan fingerprint density at radius 2 is 1.86 bits per heavy atom. The van der Waals surface area contributed by atoms with Gasteiger partial charge in [0.2, 0.25) is 0 Å². The average Bonchev–Trinajstić information content (AvgIpc) is 3.10. The number of halogens is 2. The van der Waals surface area contributed by atoms with E-state index in [2.05, 4.69) is 20.6 Å². The van der Waals surface area contributed by atoms with Crippen LogP contribution in [0.2, 0.25) is 0 Å². The normalized spacial score (nSPS) is 12.9. The number of aliphatic imine (C=N–C) groups is 1. The van der Waals surface area contributed by atoms with Crippen molar-refractivity contribution in [2.24, 2.45) is 4.99 Å². The Bertz CT molecular complexity index is 937. The van der Waals surface area contributed by atoms with Gasteiger partial charge in [-0.15, -0.1) is 0 Å². The number of fused-ring (bicyclic) bond motifs is 1. The van der Waals surface area contributed by atoms with Crippen molar-refractivity contribution in [3.63, 3.8) is 0 Å². The number of nitrogens with zero attached hydrogens (tertiary/aromatic N) is 1. The van der Waals surface area contributed by atoms with E-state index in [1.165, 1.54) is 18.2 Å². The van der Waals surface area contributed by atoms with Crippen molar-refractivity contribution in [3.8, 4) is 0 Å². The Balaban J connectivity index is 1.52. The molecule has 0 bridgehead atoms. The summed E-state index contributed by atoms with van der Waals surface area (Å²) in [6.45, 7) is 1.12. The molecular weight excluding hydrogens is 362 g/mol. The third-order valence-corrected chi connectivity index (χ3v) is 4.62. The first-order chi connectivity index (χ1) is 13.6. The minimum Gasteiger partial charge on any atom is -0.375 e. The van der Waals surface area contributed by atoms with Gasteiger partial charge in [0.15, 0.2) is 5.96 Å². The van der Waals surface area contributed by atoms with Crippen LogP contribution in [0.1, 0.15) is 17.2 Å². The van der Waals surface area contributed by atoms with Crippen molar-refractivity contribution in [2.75, 3.05) is 27.2 Å². The summed E-state index contributed by atoms with van der Waals surface area (Å²) in [5.41, 5.74) is 2.84. The number of hydrogen-bond acceptors (Lipinski definition) is 2. The van der Waals surface area contributed by atoms with Crippen LogP contribution in [-0.2, 0) is 11.2 Å². The zero-order chi connectivity index (χ0) is 19.9. The lowest BCUT2D eigenvalue weighted by molar-refractivity contribution is 0.106. The minimum atomic E-state index is -0.277. The third-order valence-electron chi connectivity index (χ3n) is 4.62. The Morgan fingerprint density at radius 3 is 2.57 bits per heavy atom. The van der Waals surface area contributed by atoms with Crippen LogP contribution in [0.15, 0.2) is 53.7 Å². The van der Waals surface area contributed by atoms with Gasteiger partial charge < -0.3 is 20.4 Å². The van der Waals surface area contributed by atoms with Crippen LogP contribution >= 0.6 is 0 Å². The van der Waals surface area contributed by atoms with Gasteiger partial charge in [0.25, 0.3) is 0 Å². The van der Waals surface area contributed by atoms with Crippen molar-refractivity contribution in [1.29, 1.82) is 0 Å². The lowest BCUT2D eigenvalue weighted by Gasteiger charge is -2.18. The molecule has 0 aliphatic carbocycles. The van der Waals surface area contributed by atoms with Crippen LogP contribution in [-0.4, -0.2) is 38.2 Å². The molecule has 1 aromatic heterocycles. The molecule has 3 N–H and O–H groups in total. The van der Waals surface area contributed by atoms with Gasteiger partial charge >= 0.3 is 0 Å². The van der Waals surface area contributed by atoms with E-state index < -0.39 is 0 Å². The van der Waals surface area contributed by atoms with Gasteiger partial charge in [0.05, 0.1) is 6.10 Å². The molecule has 5 nitrogen and oxygen atoms in total. The molecule has 0 aliphatic heterocycles. The second-order valence-electron chi connectivity index (χ2n) is 6.41. The highest BCUT2D eigenvalue weighted by molar-refractivity contribution is 5.83. The quantitative estimate of drug-likeness (QED) is 0.430. The molecule has 0 aliphatic rings. The summed E-state index contributed by atoms with van der Waals surface area (Å²) in [5.74, 6) is 0.113. The van der Waals surface area contributed by atoms with Gasteiger partial charge in [-0.05, 0) is 47.9 Å². The fourth-order valence-corrected chi connectivity index (χ4v) is 3.10. The molecule has 1 atom stereocenters. The molecule has 28 heavy (non-hydrogen) atoms. The summed E-state index contributed by atoms with van der Waals surface area (Å²) in [6, 6.07) is 11.0. The van der Waals surface area contributed by atoms with E-state index in [1.54, 1.807) is 38.4 Å². The lowest BCUT2D eigenvalue weighted by atomic mass is 10.1. The topological polar surface area (TPSA) is 61.4 Å². The predicted octanol–water partition coefficient (Wildman–Crippen LogP) is 3.54. The van der Waals surface area contributed by atoms with Gasteiger partial charge in [-0.2, -0.15) is 0 Å². The molecule has 0 amide bonds. The highest BCUT2D eigenvalue weighted by Crippen LogP contribution is 2.19. The van der Waals surface area contributed by atoms with Crippen LogP contribution < -0.4 is 10.6 Å². The zero-order valence-electron chi connectivity index (χ0n) is 15.9. The average molecular weight is 386 g/mol. The Morgan fingerprint density at radius 1 is 1.11 bits per heavy atom. The van der Waals surface area contributed by atoms with Gasteiger partial charge in [0.1, 0.15) is 11.6 Å². The van der Waals surface area contributed by atoms with E-state index >= 15 is 0 Å². The molecule has 1 heterocycles. The minimum absolute atomic E-state index is 0.226. The molecule has 2 aromatic carbocycles. The van der Waals surface area contributed by atoms with Gasteiger partial charge in [-0.1, -0.05) is 12.1 Å². The molecule has 0 fully saturated rings. The van der Waals surface area contributed by atoms with Crippen molar-refractivity contribution < 1.29 is 13.5 Å². The van der Waals surface area contributed by atoms with Gasteiger partial charge in [-0.3, -0.25) is 4.99 Å². The van der Waals surface area contributed by atoms with Crippen molar-refractivity contribution >= 4 is 16.9 Å². The molecule has 0 spiro atoms. The molecule has 3 rings (SSSR count). The van der Waals surface area contributed by atoms with Crippen LogP contribution in [0.25, 0.3) is 10.9 Å². The number of benzene rings is 2. The first-order valence-corrected chi connectivity index (χ1v) is 9.09. The first kappa shape index (κ1) is 19.8. The largest absolute Gasteiger partial charge is 0.375 e. The van der Waals surface area contributed by atoms with E-state index in [9.17, 15) is 8.78 Å². The fourth-order valence-electron chi connectivity index (χ4n) is 3.10. The van der Waals surface area contributed by atoms with Gasteiger partial charge in [0, 0.05) is 44.3 Å². The monoisotopic (exact) mass is 386 g/mol. The number of guanidine groups is 1. The summed E-state index contributed by atoms with van der Waals surface area (Å²) >= 11 is 0. The predicted molar refractivity (Wildman–Crippen MR) is 107 cm³/mol. The highest BCUT2D eigenvalue weighted by atomic mass is 19.1. The molecule has 0 radical (unpaired) electrons. The summed E-state index contributed by atoms with van der Waals surface area (Å²) in [6.07, 6.45) is 2.39. The molecule has 0 saturated carbocycles. The molecule has 1 unspecified atom stereocenters. The standard InChI is InChI=1S/C21H24F2N4O/c1-24-21(27-13-20(28-2)14-3-5-16(22)6-4-14)25-10-9-15-12-26-19-8-7-17(23)11-18(15)19/h3-8,11-12,20,26H,9-10,13H2,1-2H3,(H2,24,25,27). The maximum absolute atomic E-state index is 13.5. The summed E-state index contributed by atoms with van der Waals surface area (Å²) in [7, 11) is 3.30. The van der Waals surface area contributed by atoms with Crippen LogP contribution in [0.5, 0.6) is 0 Å². The summed E-state index contributed by atoms with van der Waals surface area (Å²) in [4.78, 5) is 7.36. The number of methoxy groups -OCH3 is 1. The number of aromatic amines is 1. The number of rotatable bonds is 7. The highest BCUT2D eigenvalue weighted by Gasteiger charge is 2.11. The fraction of sp³-hybridized carbons (Fsp3) is 0.286. The number of hydrogen-bond donors (Lipinski definition) is 3. The van der Waals surface area contributed by atoms with E-state index in [0.717, 1.165) is 28.5 Å². The van der Waals surface area contributed by atoms with Crippen molar-refractivity contribution in [3.05, 3.63) is 71.4 Å². The van der Waals surface area contributed by atoms with Crippen LogP contribution in [0.4, 0.5) is 8.78 Å². The van der Waals surface area contributed by atoms with E-state index in [1.807, 2.05) is 6.20 Å². The second-order valence-corrected chi connectivity index (χ2v) is 6.41. The number of H-pyrrole nitrogens is 1. The van der Waals surface area contributed by atoms with Crippen molar-refractivity contribution in [2.45, 2.75) is 12.5 Å². The first-order valence-electron chi connectivity index (χ1n) is 9.09. The Labute approximate surface area is 162 Å². The third kappa shape index (κ3) is 4.86. The van der Waals surface area contributed by atoms with E-state index in [0.29, 0.717) is 19.0 Å². The zero-order valence-corrected chi connectivity index (χ0v) is 15.9. The molecular formula is C21H24F2N4O. The number of nitrogens with one attached hydrogen (secondary N) is 3. The molecule has 148 valence electrons. The maximum Gasteiger partial charge on any atom is 0.191 e. The van der Waals surface area contributed by atoms with Crippen molar-refractivity contribution in [1.82, 2.24) is 15.6 Å². The van der Waals surface area contributed by atoms with E-state index in [-0.39, 0.29) is 17.7 Å². The van der Waals surface area contributed by atoms with Crippen LogP contribution in [0.3, 0.4) is 0 Å². The molecule has 7 heteroatoms. The van der Waals surface area contributed by atoms with Gasteiger partial charge in [-0.25, -0.2) is 8.78 Å². The van der Waals surface area contributed by atoms with E-state index in [4.69, 9.17) is 4.74 Å². The smallest absolute Gasteiger partial charge is 0.191 e. The Kier molecular flexibility index (Phi) is 6.60. The summed E-state index contributed by atoms with van der Waals surface area (Å²) < 4.78 is 32.1.